The summed E-state index contributed by atoms with van der Waals surface area (Å²) in [5.74, 6) is -3.67. The lowest BCUT2D eigenvalue weighted by Gasteiger charge is -2.49. The van der Waals surface area contributed by atoms with Crippen molar-refractivity contribution in [2.75, 3.05) is 12.9 Å². The van der Waals surface area contributed by atoms with Gasteiger partial charge in [0.25, 0.3) is 5.91 Å². The molecule has 2 aliphatic rings. The summed E-state index contributed by atoms with van der Waals surface area (Å²) < 4.78 is 9.73. The van der Waals surface area contributed by atoms with Gasteiger partial charge in [-0.25, -0.2) is 9.59 Å². The van der Waals surface area contributed by atoms with Gasteiger partial charge in [-0.1, -0.05) is 0 Å². The van der Waals surface area contributed by atoms with E-state index in [-0.39, 0.29) is 30.6 Å². The number of ether oxygens (including phenoxy) is 2. The summed E-state index contributed by atoms with van der Waals surface area (Å²) in [6.45, 7) is 0. The molecule has 4 atom stereocenters. The summed E-state index contributed by atoms with van der Waals surface area (Å²) >= 11 is 1.16. The second-order valence-electron chi connectivity index (χ2n) is 6.48. The van der Waals surface area contributed by atoms with E-state index in [1.165, 1.54) is 7.11 Å². The van der Waals surface area contributed by atoms with Gasteiger partial charge in [0, 0.05) is 24.9 Å². The largest absolute Gasteiger partial charge is 0.480 e. The van der Waals surface area contributed by atoms with Crippen LogP contribution in [0.15, 0.2) is 11.3 Å². The number of nitrogens with two attached hydrogens (primary N) is 2. The Hall–Kier alpha value is -2.84. The Morgan fingerprint density at radius 3 is 2.53 bits per heavy atom. The van der Waals surface area contributed by atoms with Crippen LogP contribution in [-0.2, 0) is 28.7 Å². The summed E-state index contributed by atoms with van der Waals surface area (Å²) in [5.41, 5.74) is 9.99. The summed E-state index contributed by atoms with van der Waals surface area (Å²) in [4.78, 5) is 59.1. The number of hydrogen-bond acceptors (Lipinski definition) is 9. The van der Waals surface area contributed by atoms with Crippen LogP contribution in [0.25, 0.3) is 0 Å². The summed E-state index contributed by atoms with van der Waals surface area (Å²) in [7, 11) is 1.19. The number of nitrogens with zero attached hydrogens (tertiary/aromatic N) is 1. The fourth-order valence-electron chi connectivity index (χ4n) is 3.04. The predicted molar refractivity (Wildman–Crippen MR) is 101 cm³/mol. The number of methoxy groups -OCH3 is 1. The van der Waals surface area contributed by atoms with Gasteiger partial charge in [-0.3, -0.25) is 19.3 Å². The van der Waals surface area contributed by atoms with E-state index in [2.05, 4.69) is 5.32 Å². The molecule has 2 heterocycles. The molecule has 1 saturated heterocycles. The molecule has 0 aromatic rings. The molecule has 1 fully saturated rings. The number of rotatable bonds is 10. The minimum Gasteiger partial charge on any atom is -0.480 e. The van der Waals surface area contributed by atoms with Gasteiger partial charge < -0.3 is 36.5 Å². The van der Waals surface area contributed by atoms with E-state index in [9.17, 15) is 29.1 Å². The van der Waals surface area contributed by atoms with E-state index in [0.29, 0.717) is 0 Å². The third-order valence-corrected chi connectivity index (χ3v) is 5.78. The average Bonchev–Trinajstić information content (AvgIpc) is 2.68. The molecule has 3 amide bonds. The number of fused-ring (bicyclic) bond motifs is 1. The fraction of sp³-hybridized carbons (Fsp3) is 0.562. The Kier molecular flexibility index (Phi) is 7.64. The predicted octanol–water partition coefficient (Wildman–Crippen LogP) is -1.62. The highest BCUT2D eigenvalue weighted by molar-refractivity contribution is 8.00. The van der Waals surface area contributed by atoms with Crippen LogP contribution in [0.3, 0.4) is 0 Å². The maximum absolute atomic E-state index is 12.5. The van der Waals surface area contributed by atoms with Crippen molar-refractivity contribution in [2.24, 2.45) is 11.5 Å². The average molecular weight is 446 g/mol. The van der Waals surface area contributed by atoms with E-state index in [0.717, 1.165) is 16.7 Å². The lowest BCUT2D eigenvalue weighted by molar-refractivity contribution is -0.151. The Labute approximate surface area is 174 Å². The number of carboxylic acids is 2. The smallest absolute Gasteiger partial charge is 0.407 e. The fourth-order valence-corrected chi connectivity index (χ4v) is 4.40. The third-order valence-electron chi connectivity index (χ3n) is 4.47. The lowest BCUT2D eigenvalue weighted by atomic mass is 10.0. The second-order valence-corrected chi connectivity index (χ2v) is 7.58. The second kappa shape index (κ2) is 9.77. The van der Waals surface area contributed by atoms with Crippen molar-refractivity contribution >= 4 is 41.6 Å². The van der Waals surface area contributed by atoms with Gasteiger partial charge in [-0.2, -0.15) is 0 Å². The van der Waals surface area contributed by atoms with Crippen LogP contribution in [0.4, 0.5) is 4.79 Å². The number of aliphatic carboxylic acids is 2. The SMILES string of the molecule is COC(OC(N)=O)C1=C(C(=O)O)N2C(=O)[C@@H](NC(=O)CCCC(N)C(=O)O)[C@@H]2SC1. The first-order chi connectivity index (χ1) is 14.1. The van der Waals surface area contributed by atoms with Gasteiger partial charge in [0.05, 0.1) is 0 Å². The molecular formula is C16H22N4O9S. The van der Waals surface area contributed by atoms with Crippen LogP contribution < -0.4 is 16.8 Å². The zero-order valence-electron chi connectivity index (χ0n) is 15.9. The van der Waals surface area contributed by atoms with Gasteiger partial charge in [-0.05, 0) is 12.8 Å². The third kappa shape index (κ3) is 5.01. The van der Waals surface area contributed by atoms with Crippen molar-refractivity contribution in [2.45, 2.75) is 43.0 Å². The number of hydrogen-bond donors (Lipinski definition) is 5. The van der Waals surface area contributed by atoms with Crippen molar-refractivity contribution in [3.8, 4) is 0 Å². The van der Waals surface area contributed by atoms with Crippen LogP contribution >= 0.6 is 11.8 Å². The highest BCUT2D eigenvalue weighted by atomic mass is 32.2. The maximum atomic E-state index is 12.5. The van der Waals surface area contributed by atoms with Crippen LogP contribution in [0.1, 0.15) is 19.3 Å². The molecule has 0 aromatic carbocycles. The van der Waals surface area contributed by atoms with E-state index in [1.54, 1.807) is 0 Å². The first kappa shape index (κ1) is 23.4. The lowest BCUT2D eigenvalue weighted by Crippen LogP contribution is -2.70. The molecule has 0 saturated carbocycles. The standard InChI is InChI=1S/C16H22N4O9S/c1-28-15(29-16(18)27)6-5-30-12-9(11(22)20(12)10(6)14(25)26)19-8(21)4-2-3-7(17)13(23)24/h7,9,12,15H,2-5,17H2,1H3,(H2,18,27)(H,19,21)(H,23,24)(H,25,26)/t7?,9-,12+,15?/m1/s1. The normalized spacial score (nSPS) is 22.5. The van der Waals surface area contributed by atoms with Crippen LogP contribution in [0, 0.1) is 0 Å². The molecule has 7 N–H and O–H groups in total. The zero-order chi connectivity index (χ0) is 22.6. The van der Waals surface area contributed by atoms with Crippen LogP contribution in [-0.4, -0.2) is 81.6 Å². The van der Waals surface area contributed by atoms with Crippen molar-refractivity contribution in [1.29, 1.82) is 0 Å². The van der Waals surface area contributed by atoms with Crippen LogP contribution in [0.5, 0.6) is 0 Å². The van der Waals surface area contributed by atoms with E-state index in [1.807, 2.05) is 0 Å². The van der Waals surface area contributed by atoms with Crippen molar-refractivity contribution in [3.05, 3.63) is 11.3 Å². The number of amides is 3. The molecule has 14 heteroatoms. The Morgan fingerprint density at radius 2 is 2.00 bits per heavy atom. The summed E-state index contributed by atoms with van der Waals surface area (Å²) in [6, 6.07) is -2.02. The summed E-state index contributed by atoms with van der Waals surface area (Å²) in [5, 5.41) is 20.2. The highest BCUT2D eigenvalue weighted by Gasteiger charge is 2.55. The van der Waals surface area contributed by atoms with Crippen molar-refractivity contribution in [3.63, 3.8) is 0 Å². The number of carbonyl (C=O) groups is 5. The molecule has 13 nitrogen and oxygen atoms in total. The highest BCUT2D eigenvalue weighted by Crippen LogP contribution is 2.41. The molecule has 2 unspecified atom stereocenters. The van der Waals surface area contributed by atoms with Gasteiger partial charge in [0.1, 0.15) is 23.2 Å². The summed E-state index contributed by atoms with van der Waals surface area (Å²) in [6.07, 6.45) is -2.27. The molecule has 0 aromatic heterocycles. The number of nitrogens with one attached hydrogen (secondary N) is 1. The van der Waals surface area contributed by atoms with Gasteiger partial charge in [0.2, 0.25) is 12.2 Å². The monoisotopic (exact) mass is 446 g/mol. The Balaban J connectivity index is 2.05. The molecule has 30 heavy (non-hydrogen) atoms. The first-order valence-electron chi connectivity index (χ1n) is 8.76. The number of β-lactam (4-membered cyclic amide) rings is 1. The molecule has 2 aliphatic heterocycles. The molecule has 0 aliphatic carbocycles. The van der Waals surface area contributed by atoms with Crippen molar-refractivity contribution in [1.82, 2.24) is 10.2 Å². The molecule has 0 radical (unpaired) electrons. The van der Waals surface area contributed by atoms with Gasteiger partial charge in [-0.15, -0.1) is 11.8 Å². The maximum Gasteiger partial charge on any atom is 0.407 e. The number of carboxylic acid groups (broad SMARTS) is 2. The zero-order valence-corrected chi connectivity index (χ0v) is 16.7. The molecular weight excluding hydrogens is 424 g/mol. The van der Waals surface area contributed by atoms with Gasteiger partial charge >= 0.3 is 18.0 Å². The molecule has 2 rings (SSSR count). The van der Waals surface area contributed by atoms with E-state index < -0.39 is 59.3 Å². The number of carbonyl (C=O) groups excluding carboxylic acids is 3. The number of thioether (sulfide) groups is 1. The Morgan fingerprint density at radius 1 is 1.33 bits per heavy atom. The minimum atomic E-state index is -1.42. The number of primary amides is 1. The van der Waals surface area contributed by atoms with Gasteiger partial charge in [0.15, 0.2) is 0 Å². The molecule has 166 valence electrons. The van der Waals surface area contributed by atoms with E-state index >= 15 is 0 Å². The Bertz CT molecular complexity index is 787. The van der Waals surface area contributed by atoms with Crippen molar-refractivity contribution < 1.29 is 43.7 Å². The first-order valence-corrected chi connectivity index (χ1v) is 9.81. The minimum absolute atomic E-state index is 0.0345. The topological polar surface area (TPSA) is 212 Å². The quantitative estimate of drug-likeness (QED) is 0.190. The van der Waals surface area contributed by atoms with E-state index in [4.69, 9.17) is 26.0 Å². The molecule has 0 spiro atoms. The van der Waals surface area contributed by atoms with Crippen LogP contribution in [0.2, 0.25) is 0 Å². The molecule has 0 bridgehead atoms.